The number of thioether (sulfide) groups is 1. The largest absolute Gasteiger partial charge is 0.357 e. The molecule has 24 heavy (non-hydrogen) atoms. The molecule has 2 unspecified atom stereocenters. The van der Waals surface area contributed by atoms with Gasteiger partial charge in [-0.15, -0.1) is 24.0 Å². The summed E-state index contributed by atoms with van der Waals surface area (Å²) >= 11 is 2.00. The second kappa shape index (κ2) is 10.5. The van der Waals surface area contributed by atoms with E-state index in [9.17, 15) is 0 Å². The van der Waals surface area contributed by atoms with Crippen molar-refractivity contribution in [1.82, 2.24) is 20.4 Å². The maximum absolute atomic E-state index is 4.80. The topological polar surface area (TPSA) is 54.2 Å². The van der Waals surface area contributed by atoms with E-state index < -0.39 is 0 Å². The van der Waals surface area contributed by atoms with Crippen molar-refractivity contribution in [3.8, 4) is 0 Å². The lowest BCUT2D eigenvalue weighted by Crippen LogP contribution is -2.45. The van der Waals surface area contributed by atoms with Crippen molar-refractivity contribution in [2.45, 2.75) is 64.3 Å². The highest BCUT2D eigenvalue weighted by Gasteiger charge is 2.22. The van der Waals surface area contributed by atoms with Crippen molar-refractivity contribution >= 4 is 41.7 Å². The van der Waals surface area contributed by atoms with Gasteiger partial charge in [-0.25, -0.2) is 4.99 Å². The minimum atomic E-state index is 0. The lowest BCUT2D eigenvalue weighted by atomic mass is 9.95. The first-order chi connectivity index (χ1) is 11.0. The highest BCUT2D eigenvalue weighted by atomic mass is 127. The Morgan fingerprint density at radius 2 is 2.12 bits per heavy atom. The molecule has 1 fully saturated rings. The van der Waals surface area contributed by atoms with Gasteiger partial charge in [-0.2, -0.15) is 16.9 Å². The molecule has 0 spiro atoms. The van der Waals surface area contributed by atoms with E-state index in [1.807, 2.05) is 23.5 Å². The Bertz CT molecular complexity index is 543. The summed E-state index contributed by atoms with van der Waals surface area (Å²) in [6.07, 6.45) is 7.35. The highest BCUT2D eigenvalue weighted by molar-refractivity contribution is 14.0. The summed E-state index contributed by atoms with van der Waals surface area (Å²) in [6.45, 7) is 7.84. The van der Waals surface area contributed by atoms with Gasteiger partial charge in [0.25, 0.3) is 0 Å². The van der Waals surface area contributed by atoms with Crippen LogP contribution >= 0.6 is 35.7 Å². The van der Waals surface area contributed by atoms with Crippen LogP contribution in [0.25, 0.3) is 0 Å². The normalized spacial score (nSPS) is 21.3. The van der Waals surface area contributed by atoms with Crippen LogP contribution in [-0.4, -0.2) is 39.8 Å². The number of hydrogen-bond acceptors (Lipinski definition) is 3. The van der Waals surface area contributed by atoms with Crippen molar-refractivity contribution in [2.24, 2.45) is 12.0 Å². The second-order valence-corrected chi connectivity index (χ2v) is 7.47. The number of aromatic nitrogens is 2. The quantitative estimate of drug-likeness (QED) is 0.398. The summed E-state index contributed by atoms with van der Waals surface area (Å²) < 4.78 is 1.94. The maximum Gasteiger partial charge on any atom is 0.191 e. The summed E-state index contributed by atoms with van der Waals surface area (Å²) in [6, 6.07) is 0.537. The molecule has 2 rings (SSSR count). The third-order valence-corrected chi connectivity index (χ3v) is 5.79. The summed E-state index contributed by atoms with van der Waals surface area (Å²) in [5, 5.41) is 12.3. The average Bonchev–Trinajstić information content (AvgIpc) is 2.78. The maximum atomic E-state index is 4.80. The lowest BCUT2D eigenvalue weighted by Gasteiger charge is -2.29. The number of nitrogens with one attached hydrogen (secondary N) is 2. The number of rotatable bonds is 5. The number of hydrogen-bond donors (Lipinski definition) is 2. The Hall–Kier alpha value is -0.440. The van der Waals surface area contributed by atoms with E-state index in [4.69, 9.17) is 4.99 Å². The Kier molecular flexibility index (Phi) is 9.48. The number of aliphatic imine (C=N–C) groups is 1. The number of guanidine groups is 1. The van der Waals surface area contributed by atoms with Gasteiger partial charge in [-0.1, -0.05) is 6.42 Å². The van der Waals surface area contributed by atoms with E-state index in [2.05, 4.69) is 42.8 Å². The van der Waals surface area contributed by atoms with Crippen molar-refractivity contribution in [3.05, 3.63) is 17.0 Å². The molecule has 5 nitrogen and oxygen atoms in total. The Morgan fingerprint density at radius 1 is 1.38 bits per heavy atom. The Morgan fingerprint density at radius 3 is 2.71 bits per heavy atom. The molecule has 0 aromatic carbocycles. The number of halogens is 1. The van der Waals surface area contributed by atoms with Crippen molar-refractivity contribution < 1.29 is 0 Å². The van der Waals surface area contributed by atoms with Gasteiger partial charge in [0, 0.05) is 36.1 Å². The fraction of sp³-hybridized carbons (Fsp3) is 0.765. The monoisotopic (exact) mass is 465 g/mol. The minimum Gasteiger partial charge on any atom is -0.357 e. The van der Waals surface area contributed by atoms with Crippen molar-refractivity contribution in [3.63, 3.8) is 0 Å². The molecule has 1 aromatic rings. The predicted octanol–water partition coefficient (Wildman–Crippen LogP) is 3.38. The molecule has 0 aliphatic heterocycles. The number of nitrogens with zero attached hydrogens (tertiary/aromatic N) is 3. The van der Waals surface area contributed by atoms with E-state index in [-0.39, 0.29) is 24.0 Å². The van der Waals surface area contributed by atoms with E-state index in [1.54, 1.807) is 0 Å². The van der Waals surface area contributed by atoms with E-state index in [1.165, 1.54) is 36.9 Å². The van der Waals surface area contributed by atoms with Gasteiger partial charge in [-0.3, -0.25) is 4.68 Å². The zero-order valence-corrected chi connectivity index (χ0v) is 18.7. The van der Waals surface area contributed by atoms with Crippen LogP contribution < -0.4 is 10.6 Å². The zero-order chi connectivity index (χ0) is 16.8. The highest BCUT2D eigenvalue weighted by Crippen LogP contribution is 2.26. The van der Waals surface area contributed by atoms with Crippen LogP contribution in [0.5, 0.6) is 0 Å². The van der Waals surface area contributed by atoms with Crippen LogP contribution in [0, 0.1) is 13.8 Å². The van der Waals surface area contributed by atoms with Crippen LogP contribution in [0.1, 0.15) is 49.6 Å². The predicted molar refractivity (Wildman–Crippen MR) is 116 cm³/mol. The molecule has 0 saturated heterocycles. The van der Waals surface area contributed by atoms with Crippen molar-refractivity contribution in [1.29, 1.82) is 0 Å². The third-order valence-electron chi connectivity index (χ3n) is 4.70. The third kappa shape index (κ3) is 5.82. The molecule has 1 aliphatic carbocycles. The number of aryl methyl sites for hydroxylation is 2. The first kappa shape index (κ1) is 21.6. The molecule has 2 atom stereocenters. The van der Waals surface area contributed by atoms with E-state index in [0.29, 0.717) is 12.6 Å². The summed E-state index contributed by atoms with van der Waals surface area (Å²) in [4.78, 5) is 4.80. The van der Waals surface area contributed by atoms with Gasteiger partial charge in [0.1, 0.15) is 0 Å². The molecule has 7 heteroatoms. The SMILES string of the molecule is CCNC(=NCc1c(C)nn(C)c1C)NC1CCCC(SC)C1.I. The fourth-order valence-electron chi connectivity index (χ4n) is 3.21. The standard InChI is InChI=1S/C17H31N5S.HI/c1-6-18-17(20-14-8-7-9-15(10-14)23-5)19-11-16-12(2)21-22(4)13(16)3;/h14-15H,6-11H2,1-5H3,(H2,18,19,20);1H. The molecular formula is C17H32IN5S. The second-order valence-electron chi connectivity index (χ2n) is 6.33. The first-order valence-electron chi connectivity index (χ1n) is 8.61. The van der Waals surface area contributed by atoms with Crippen LogP contribution in [0.4, 0.5) is 0 Å². The Labute approximate surface area is 167 Å². The van der Waals surface area contributed by atoms with Gasteiger partial charge in [0.05, 0.1) is 12.2 Å². The van der Waals surface area contributed by atoms with Crippen LogP contribution in [0.2, 0.25) is 0 Å². The smallest absolute Gasteiger partial charge is 0.191 e. The molecule has 2 N–H and O–H groups in total. The van der Waals surface area contributed by atoms with E-state index >= 15 is 0 Å². The molecule has 1 aromatic heterocycles. The van der Waals surface area contributed by atoms with Gasteiger partial charge < -0.3 is 10.6 Å². The molecule has 0 amide bonds. The van der Waals surface area contributed by atoms with Gasteiger partial charge in [-0.05, 0) is 46.3 Å². The van der Waals surface area contributed by atoms with E-state index in [0.717, 1.165) is 23.4 Å². The summed E-state index contributed by atoms with van der Waals surface area (Å²) in [5.74, 6) is 0.932. The summed E-state index contributed by atoms with van der Waals surface area (Å²) in [7, 11) is 1.99. The Balaban J connectivity index is 0.00000288. The first-order valence-corrected chi connectivity index (χ1v) is 9.90. The zero-order valence-electron chi connectivity index (χ0n) is 15.6. The molecule has 0 bridgehead atoms. The van der Waals surface area contributed by atoms with Crippen LogP contribution in [0.3, 0.4) is 0 Å². The van der Waals surface area contributed by atoms with Crippen LogP contribution in [-0.2, 0) is 13.6 Å². The molecule has 1 saturated carbocycles. The van der Waals surface area contributed by atoms with Gasteiger partial charge in [0.15, 0.2) is 5.96 Å². The van der Waals surface area contributed by atoms with Gasteiger partial charge in [0.2, 0.25) is 0 Å². The van der Waals surface area contributed by atoms with Crippen LogP contribution in [0.15, 0.2) is 4.99 Å². The average molecular weight is 465 g/mol. The summed E-state index contributed by atoms with van der Waals surface area (Å²) in [5.41, 5.74) is 3.50. The van der Waals surface area contributed by atoms with Crippen molar-refractivity contribution in [2.75, 3.05) is 12.8 Å². The minimum absolute atomic E-state index is 0. The molecule has 0 radical (unpaired) electrons. The lowest BCUT2D eigenvalue weighted by molar-refractivity contribution is 0.419. The fourth-order valence-corrected chi connectivity index (χ4v) is 4.04. The van der Waals surface area contributed by atoms with Gasteiger partial charge >= 0.3 is 0 Å². The molecule has 1 aliphatic rings. The molecule has 138 valence electrons. The molecular weight excluding hydrogens is 433 g/mol. The molecule has 1 heterocycles.